The van der Waals surface area contributed by atoms with E-state index in [0.29, 0.717) is 22.4 Å². The van der Waals surface area contributed by atoms with E-state index in [0.717, 1.165) is 16.3 Å². The molecule has 1 fully saturated rings. The van der Waals surface area contributed by atoms with E-state index in [1.807, 2.05) is 57.4 Å². The second kappa shape index (κ2) is 8.98. The number of aliphatic hydroxyl groups excluding tert-OH is 1. The number of carboxylic acid groups (broad SMARTS) is 1. The number of amides is 2. The van der Waals surface area contributed by atoms with Gasteiger partial charge in [-0.2, -0.15) is 0 Å². The lowest BCUT2D eigenvalue weighted by Crippen LogP contribution is -2.64. The highest BCUT2D eigenvalue weighted by molar-refractivity contribution is 5.99. The van der Waals surface area contributed by atoms with E-state index >= 15 is 0 Å². The van der Waals surface area contributed by atoms with Gasteiger partial charge in [-0.25, -0.2) is 0 Å². The van der Waals surface area contributed by atoms with E-state index < -0.39 is 29.9 Å². The van der Waals surface area contributed by atoms with Gasteiger partial charge in [0.1, 0.15) is 18.9 Å². The average molecular weight is 482 g/mol. The van der Waals surface area contributed by atoms with Crippen LogP contribution in [0.1, 0.15) is 19.4 Å². The Morgan fingerprint density at radius 3 is 2.49 bits per heavy atom. The summed E-state index contributed by atoms with van der Waals surface area (Å²) in [6, 6.07) is 11.1. The van der Waals surface area contributed by atoms with Crippen molar-refractivity contribution in [3.8, 4) is 5.75 Å². The van der Waals surface area contributed by atoms with Crippen molar-refractivity contribution in [2.24, 2.45) is 17.6 Å². The molecule has 1 saturated heterocycles. The molecule has 0 spiro atoms. The number of nitrogens with zero attached hydrogens (tertiary/aromatic N) is 2. The third-order valence-electron chi connectivity index (χ3n) is 7.05. The number of nitrogens with two attached hydrogens (primary N) is 1. The van der Waals surface area contributed by atoms with E-state index in [1.165, 1.54) is 11.8 Å². The number of ether oxygens (including phenoxy) is 1. The first-order chi connectivity index (χ1) is 16.4. The van der Waals surface area contributed by atoms with Gasteiger partial charge in [0.05, 0.1) is 43.8 Å². The second-order valence-corrected chi connectivity index (χ2v) is 10.2. The Morgan fingerprint density at radius 1 is 1.20 bits per heavy atom. The third kappa shape index (κ3) is 4.37. The standard InChI is InChI=1S/C26H31N3O6/c1-14-19(24(26(33)34)28-23(14)22(15(2)30)25(28)32)13-35-20-10-6-8-17-16(7-5-9-18(17)20)11-29(3,4)12-21(27)31/h5-10,14-15,22-23,30H,11-13H2,1-4H3,(H2-,27,31,33,34)/t14-,15+,22+,23+/m0/s1. The summed E-state index contributed by atoms with van der Waals surface area (Å²) < 4.78 is 6.53. The molecule has 2 aromatic carbocycles. The molecule has 35 heavy (non-hydrogen) atoms. The van der Waals surface area contributed by atoms with Crippen LogP contribution in [-0.4, -0.2) is 71.7 Å². The molecule has 0 radical (unpaired) electrons. The Hall–Kier alpha value is -3.43. The number of likely N-dealkylation sites (N-methyl/N-ethyl adjacent to an activating group) is 1. The Bertz CT molecular complexity index is 1230. The van der Waals surface area contributed by atoms with Crippen LogP contribution < -0.4 is 15.6 Å². The number of aliphatic carboxylic acids is 1. The fraction of sp³-hybridized carbons (Fsp3) is 0.423. The average Bonchev–Trinajstić information content (AvgIpc) is 2.99. The molecule has 186 valence electrons. The highest BCUT2D eigenvalue weighted by Crippen LogP contribution is 2.47. The number of carbonyl (C=O) groups is 3. The van der Waals surface area contributed by atoms with Crippen molar-refractivity contribution in [1.82, 2.24) is 4.90 Å². The van der Waals surface area contributed by atoms with E-state index in [-0.39, 0.29) is 30.7 Å². The predicted octanol–water partition coefficient (Wildman–Crippen LogP) is 0.142. The minimum Gasteiger partial charge on any atom is -0.543 e. The zero-order chi connectivity index (χ0) is 25.7. The molecule has 0 saturated carbocycles. The van der Waals surface area contributed by atoms with Gasteiger partial charge in [0.2, 0.25) is 5.91 Å². The Labute approximate surface area is 204 Å². The van der Waals surface area contributed by atoms with Crippen LogP contribution in [-0.2, 0) is 20.9 Å². The Morgan fingerprint density at radius 2 is 1.86 bits per heavy atom. The van der Waals surface area contributed by atoms with Gasteiger partial charge in [-0.15, -0.1) is 0 Å². The molecular formula is C26H31N3O6. The topological polar surface area (TPSA) is 133 Å². The summed E-state index contributed by atoms with van der Waals surface area (Å²) in [7, 11) is 3.87. The molecule has 2 aliphatic rings. The zero-order valence-corrected chi connectivity index (χ0v) is 20.4. The molecule has 9 nitrogen and oxygen atoms in total. The van der Waals surface area contributed by atoms with E-state index in [2.05, 4.69) is 0 Å². The zero-order valence-electron chi connectivity index (χ0n) is 20.4. The Kier molecular flexibility index (Phi) is 6.33. The van der Waals surface area contributed by atoms with Crippen molar-refractivity contribution in [3.63, 3.8) is 0 Å². The molecule has 2 heterocycles. The third-order valence-corrected chi connectivity index (χ3v) is 7.05. The summed E-state index contributed by atoms with van der Waals surface area (Å²) in [5.41, 5.74) is 6.75. The number of primary amides is 1. The molecule has 0 bridgehead atoms. The molecule has 4 rings (SSSR count). The fourth-order valence-electron chi connectivity index (χ4n) is 5.53. The maximum Gasteiger partial charge on any atom is 0.272 e. The highest BCUT2D eigenvalue weighted by Gasteiger charge is 2.58. The highest BCUT2D eigenvalue weighted by atomic mass is 16.5. The number of aliphatic hydroxyl groups is 1. The van der Waals surface area contributed by atoms with Crippen molar-refractivity contribution in [2.75, 3.05) is 27.2 Å². The maximum atomic E-state index is 12.5. The van der Waals surface area contributed by atoms with E-state index in [9.17, 15) is 24.6 Å². The van der Waals surface area contributed by atoms with Crippen molar-refractivity contribution in [3.05, 3.63) is 53.2 Å². The monoisotopic (exact) mass is 481 g/mol. The molecule has 9 heteroatoms. The van der Waals surface area contributed by atoms with Crippen molar-refractivity contribution >= 4 is 28.6 Å². The summed E-state index contributed by atoms with van der Waals surface area (Å²) in [5, 5.41) is 23.8. The van der Waals surface area contributed by atoms with Gasteiger partial charge >= 0.3 is 0 Å². The first-order valence-electron chi connectivity index (χ1n) is 11.6. The number of hydrogen-bond donors (Lipinski definition) is 2. The number of carbonyl (C=O) groups excluding carboxylic acids is 3. The minimum atomic E-state index is -1.43. The van der Waals surface area contributed by atoms with Gasteiger partial charge in [-0.1, -0.05) is 37.3 Å². The van der Waals surface area contributed by atoms with Crippen LogP contribution >= 0.6 is 0 Å². The van der Waals surface area contributed by atoms with Gasteiger partial charge in [-0.3, -0.25) is 9.59 Å². The van der Waals surface area contributed by atoms with Gasteiger partial charge in [0.25, 0.3) is 5.91 Å². The molecule has 0 unspecified atom stereocenters. The van der Waals surface area contributed by atoms with Crippen LogP contribution in [0.2, 0.25) is 0 Å². The quantitative estimate of drug-likeness (QED) is 0.387. The van der Waals surface area contributed by atoms with E-state index in [1.54, 1.807) is 0 Å². The van der Waals surface area contributed by atoms with Crippen LogP contribution in [0.15, 0.2) is 47.7 Å². The number of hydrogen-bond acceptors (Lipinski definition) is 6. The van der Waals surface area contributed by atoms with Gasteiger partial charge < -0.3 is 34.9 Å². The molecular weight excluding hydrogens is 450 g/mol. The summed E-state index contributed by atoms with van der Waals surface area (Å²) in [6.45, 7) is 4.14. The van der Waals surface area contributed by atoms with Crippen LogP contribution in [0.4, 0.5) is 0 Å². The summed E-state index contributed by atoms with van der Waals surface area (Å²) in [6.07, 6.45) is -0.872. The molecule has 0 aliphatic carbocycles. The summed E-state index contributed by atoms with van der Waals surface area (Å²) >= 11 is 0. The normalized spacial score (nSPS) is 22.7. The summed E-state index contributed by atoms with van der Waals surface area (Å²) in [4.78, 5) is 37.2. The number of rotatable bonds is 9. The predicted molar refractivity (Wildman–Crippen MR) is 126 cm³/mol. The molecule has 2 aliphatic heterocycles. The Balaban J connectivity index is 1.62. The SMILES string of the molecule is C[C@@H](O)[C@H]1C(=O)N2C(C(=O)[O-])=C(COc3cccc4c(C[N+](C)(C)CC(N)=O)cccc34)[C@H](C)[C@H]12. The lowest BCUT2D eigenvalue weighted by atomic mass is 9.78. The first kappa shape index (κ1) is 24.7. The minimum absolute atomic E-state index is 0.0239. The number of fused-ring (bicyclic) bond motifs is 2. The second-order valence-electron chi connectivity index (χ2n) is 10.2. The number of carboxylic acids is 1. The molecule has 2 amide bonds. The van der Waals surface area contributed by atoms with Crippen LogP contribution in [0, 0.1) is 11.8 Å². The van der Waals surface area contributed by atoms with Crippen LogP contribution in [0.3, 0.4) is 0 Å². The molecule has 3 N–H and O–H groups in total. The van der Waals surface area contributed by atoms with Crippen molar-refractivity contribution in [1.29, 1.82) is 0 Å². The van der Waals surface area contributed by atoms with Crippen LogP contribution in [0.5, 0.6) is 5.75 Å². The maximum absolute atomic E-state index is 12.5. The lowest BCUT2D eigenvalue weighted by Gasteiger charge is -2.47. The number of quaternary nitrogens is 1. The van der Waals surface area contributed by atoms with Gasteiger partial charge in [-0.05, 0) is 23.9 Å². The van der Waals surface area contributed by atoms with Gasteiger partial charge in [0.15, 0.2) is 6.54 Å². The summed E-state index contributed by atoms with van der Waals surface area (Å²) in [5.74, 6) is -2.56. The van der Waals surface area contributed by atoms with Gasteiger partial charge in [0, 0.05) is 16.9 Å². The first-order valence-corrected chi connectivity index (χ1v) is 11.6. The smallest absolute Gasteiger partial charge is 0.272 e. The van der Waals surface area contributed by atoms with Crippen molar-refractivity contribution in [2.45, 2.75) is 32.5 Å². The molecule has 0 aromatic heterocycles. The number of β-lactam (4-membered cyclic amide) rings is 1. The fourth-order valence-corrected chi connectivity index (χ4v) is 5.53. The largest absolute Gasteiger partial charge is 0.543 e. The van der Waals surface area contributed by atoms with E-state index in [4.69, 9.17) is 10.5 Å². The lowest BCUT2D eigenvalue weighted by molar-refractivity contribution is -0.895. The van der Waals surface area contributed by atoms with Crippen LogP contribution in [0.25, 0.3) is 10.8 Å². The van der Waals surface area contributed by atoms with Crippen molar-refractivity contribution < 1.29 is 33.8 Å². The molecule has 2 aromatic rings. The molecule has 4 atom stereocenters. The number of benzene rings is 2.